The molecule has 0 radical (unpaired) electrons. The van der Waals surface area contributed by atoms with Crippen LogP contribution >= 0.6 is 0 Å². The van der Waals surface area contributed by atoms with E-state index in [4.69, 9.17) is 9.47 Å². The second-order valence-corrected chi connectivity index (χ2v) is 6.35. The molecule has 4 N–H and O–H groups in total. The molecule has 3 aromatic carbocycles. The van der Waals surface area contributed by atoms with Gasteiger partial charge in [-0.05, 0) is 47.3 Å². The van der Waals surface area contributed by atoms with Gasteiger partial charge in [0.2, 0.25) is 0 Å². The number of hydrogen-bond acceptors (Lipinski definition) is 7. The third-order valence-electron chi connectivity index (χ3n) is 4.65. The molecule has 9 heteroatoms. The van der Waals surface area contributed by atoms with Gasteiger partial charge in [-0.1, -0.05) is 18.2 Å². The summed E-state index contributed by atoms with van der Waals surface area (Å²) in [4.78, 5) is 1.95. The van der Waals surface area contributed by atoms with Crippen molar-refractivity contribution in [1.29, 1.82) is 0 Å². The number of rotatable bonds is 2. The molecule has 0 saturated carbocycles. The summed E-state index contributed by atoms with van der Waals surface area (Å²) in [6, 6.07) is 15.5. The van der Waals surface area contributed by atoms with E-state index in [2.05, 4.69) is 0 Å². The van der Waals surface area contributed by atoms with Crippen LogP contribution in [0.3, 0.4) is 0 Å². The number of ether oxygens (including phenoxy) is 2. The van der Waals surface area contributed by atoms with E-state index in [1.165, 1.54) is 6.07 Å². The van der Waals surface area contributed by atoms with Crippen molar-refractivity contribution in [2.45, 2.75) is 0 Å². The van der Waals surface area contributed by atoms with Crippen molar-refractivity contribution >= 4 is 42.2 Å². The van der Waals surface area contributed by atoms with Gasteiger partial charge < -0.3 is 29.6 Å². The molecule has 2 aliphatic rings. The molecule has 0 spiro atoms. The fraction of sp³-hybridized carbons (Fsp3) is 0. The van der Waals surface area contributed by atoms with E-state index < -0.39 is 14.2 Å². The number of anilines is 3. The van der Waals surface area contributed by atoms with Crippen molar-refractivity contribution in [2.24, 2.45) is 0 Å². The van der Waals surface area contributed by atoms with Crippen molar-refractivity contribution in [2.75, 3.05) is 4.90 Å². The van der Waals surface area contributed by atoms with Gasteiger partial charge in [-0.2, -0.15) is 0 Å². The first-order valence-electron chi connectivity index (χ1n) is 8.32. The normalized spacial score (nSPS) is 13.0. The van der Waals surface area contributed by atoms with Gasteiger partial charge in [0.25, 0.3) is 0 Å². The SMILES string of the molecule is OB(O)c1ccc2c(c1)Oc1cc(B(O)O)cc3c1N2c1ccccc1O3. The first kappa shape index (κ1) is 16.2. The summed E-state index contributed by atoms with van der Waals surface area (Å²) in [5.74, 6) is 1.84. The van der Waals surface area contributed by atoms with Gasteiger partial charge in [-0.3, -0.25) is 4.90 Å². The van der Waals surface area contributed by atoms with E-state index in [-0.39, 0.29) is 10.9 Å². The molecule has 0 saturated heterocycles. The largest absolute Gasteiger partial charge is 0.488 e. The van der Waals surface area contributed by atoms with Crippen LogP contribution in [0.5, 0.6) is 23.0 Å². The summed E-state index contributed by atoms with van der Waals surface area (Å²) < 4.78 is 11.9. The number of hydrogen-bond donors (Lipinski definition) is 4. The second kappa shape index (κ2) is 5.77. The van der Waals surface area contributed by atoms with E-state index in [0.29, 0.717) is 34.4 Å². The van der Waals surface area contributed by atoms with E-state index in [0.717, 1.165) is 5.69 Å². The number of benzene rings is 3. The number of nitrogens with zero attached hydrogens (tertiary/aromatic N) is 1. The van der Waals surface area contributed by atoms with Crippen molar-refractivity contribution in [1.82, 2.24) is 0 Å². The van der Waals surface area contributed by atoms with Gasteiger partial charge in [0.1, 0.15) is 5.69 Å². The summed E-state index contributed by atoms with van der Waals surface area (Å²) in [6.07, 6.45) is 0. The maximum absolute atomic E-state index is 9.60. The van der Waals surface area contributed by atoms with Crippen LogP contribution in [-0.4, -0.2) is 34.3 Å². The first-order valence-corrected chi connectivity index (χ1v) is 8.32. The topological polar surface area (TPSA) is 103 Å². The van der Waals surface area contributed by atoms with Crippen molar-refractivity contribution in [3.8, 4) is 23.0 Å². The van der Waals surface area contributed by atoms with Gasteiger partial charge in [0.15, 0.2) is 23.0 Å². The van der Waals surface area contributed by atoms with E-state index in [9.17, 15) is 20.1 Å². The minimum Gasteiger partial charge on any atom is -0.453 e. The highest BCUT2D eigenvalue weighted by atomic mass is 16.5. The zero-order valence-corrected chi connectivity index (χ0v) is 13.9. The molecule has 0 fully saturated rings. The van der Waals surface area contributed by atoms with E-state index in [1.54, 1.807) is 24.3 Å². The Labute approximate surface area is 154 Å². The Balaban J connectivity index is 1.78. The molecule has 5 rings (SSSR count). The molecule has 0 amide bonds. The maximum atomic E-state index is 9.60. The van der Waals surface area contributed by atoms with Crippen LogP contribution < -0.4 is 25.3 Å². The molecule has 3 aromatic rings. The lowest BCUT2D eigenvalue weighted by molar-refractivity contribution is 0.422. The first-order chi connectivity index (χ1) is 13.0. The third-order valence-corrected chi connectivity index (χ3v) is 4.65. The zero-order chi connectivity index (χ0) is 18.7. The van der Waals surface area contributed by atoms with Gasteiger partial charge in [0, 0.05) is 0 Å². The average Bonchev–Trinajstić information content (AvgIpc) is 2.66. The van der Waals surface area contributed by atoms with Crippen molar-refractivity contribution < 1.29 is 29.6 Å². The molecule has 2 heterocycles. The minimum atomic E-state index is -1.68. The van der Waals surface area contributed by atoms with Crippen LogP contribution in [0.15, 0.2) is 54.6 Å². The van der Waals surface area contributed by atoms with Gasteiger partial charge in [-0.25, -0.2) is 0 Å². The molecule has 2 aliphatic heterocycles. The van der Waals surface area contributed by atoms with Crippen LogP contribution in [-0.2, 0) is 0 Å². The Morgan fingerprint density at radius 1 is 0.630 bits per heavy atom. The van der Waals surface area contributed by atoms with Crippen LogP contribution in [0.1, 0.15) is 0 Å². The second-order valence-electron chi connectivity index (χ2n) is 6.35. The predicted molar refractivity (Wildman–Crippen MR) is 101 cm³/mol. The smallest absolute Gasteiger partial charge is 0.453 e. The van der Waals surface area contributed by atoms with Gasteiger partial charge in [-0.15, -0.1) is 0 Å². The monoisotopic (exact) mass is 361 g/mol. The molecule has 27 heavy (non-hydrogen) atoms. The fourth-order valence-corrected chi connectivity index (χ4v) is 3.42. The van der Waals surface area contributed by atoms with Crippen LogP contribution in [0, 0.1) is 0 Å². The number of fused-ring (bicyclic) bond motifs is 4. The van der Waals surface area contributed by atoms with Crippen molar-refractivity contribution in [3.05, 3.63) is 54.6 Å². The lowest BCUT2D eigenvalue weighted by Crippen LogP contribution is -2.32. The zero-order valence-electron chi connectivity index (χ0n) is 13.9. The van der Waals surface area contributed by atoms with Gasteiger partial charge >= 0.3 is 14.2 Å². The summed E-state index contributed by atoms with van der Waals surface area (Å²) in [6.45, 7) is 0. The molecule has 132 valence electrons. The highest BCUT2D eigenvalue weighted by Crippen LogP contribution is 2.58. The summed E-state index contributed by atoms with van der Waals surface area (Å²) in [5.41, 5.74) is 2.66. The van der Waals surface area contributed by atoms with Crippen LogP contribution in [0.25, 0.3) is 0 Å². The fourth-order valence-electron chi connectivity index (χ4n) is 3.42. The maximum Gasteiger partial charge on any atom is 0.488 e. The Bertz CT molecular complexity index is 1070. The van der Waals surface area contributed by atoms with Crippen LogP contribution in [0.2, 0.25) is 0 Å². The average molecular weight is 361 g/mol. The highest BCUT2D eigenvalue weighted by molar-refractivity contribution is 6.59. The Hall–Kier alpha value is -2.97. The third kappa shape index (κ3) is 2.41. The molecular formula is C18H13B2NO6. The standard InChI is InChI=1S/C18H13B2NO6/c22-19(23)10-5-6-13-15(7-10)27-17-9-11(20(24)25)8-16-18(17)21(13)12-3-1-2-4-14(12)26-16/h1-9,22-25H. The Morgan fingerprint density at radius 3 is 1.93 bits per heavy atom. The lowest BCUT2D eigenvalue weighted by atomic mass is 9.79. The molecule has 0 aliphatic carbocycles. The Kier molecular flexibility index (Phi) is 3.46. The van der Waals surface area contributed by atoms with E-state index in [1.807, 2.05) is 29.2 Å². The molecule has 0 unspecified atom stereocenters. The molecule has 0 atom stereocenters. The van der Waals surface area contributed by atoms with Crippen LogP contribution in [0.4, 0.5) is 17.1 Å². The summed E-state index contributed by atoms with van der Waals surface area (Å²) in [7, 11) is -3.31. The molecule has 7 nitrogen and oxygen atoms in total. The molecule has 0 bridgehead atoms. The summed E-state index contributed by atoms with van der Waals surface area (Å²) in [5, 5.41) is 38.2. The number of para-hydroxylation sites is 2. The van der Waals surface area contributed by atoms with E-state index >= 15 is 0 Å². The quantitative estimate of drug-likeness (QED) is 0.344. The summed E-state index contributed by atoms with van der Waals surface area (Å²) >= 11 is 0. The minimum absolute atomic E-state index is 0.227. The Morgan fingerprint density at radius 2 is 1.22 bits per heavy atom. The van der Waals surface area contributed by atoms with Crippen molar-refractivity contribution in [3.63, 3.8) is 0 Å². The van der Waals surface area contributed by atoms with Gasteiger partial charge in [0.05, 0.1) is 11.4 Å². The molecular weight excluding hydrogens is 348 g/mol. The lowest BCUT2D eigenvalue weighted by Gasteiger charge is -2.38. The predicted octanol–water partition coefficient (Wildman–Crippen LogP) is 0.727. The highest BCUT2D eigenvalue weighted by Gasteiger charge is 2.36. The molecule has 0 aromatic heterocycles.